The van der Waals surface area contributed by atoms with E-state index in [4.69, 9.17) is 15.0 Å². The fourth-order valence-corrected chi connectivity index (χ4v) is 9.46. The van der Waals surface area contributed by atoms with Gasteiger partial charge in [0.15, 0.2) is 17.5 Å². The van der Waals surface area contributed by atoms with E-state index in [2.05, 4.69) is 176 Å². The number of rotatable bonds is 7. The second-order valence-corrected chi connectivity index (χ2v) is 16.2. The molecule has 0 unspecified atom stereocenters. The van der Waals surface area contributed by atoms with Gasteiger partial charge in [0.05, 0.1) is 11.6 Å². The van der Waals surface area contributed by atoms with Crippen LogP contribution >= 0.6 is 0 Å². The molecule has 12 rings (SSSR count). The highest BCUT2D eigenvalue weighted by Gasteiger charge is 2.22. The average Bonchev–Trinajstić information content (AvgIpc) is 3.70. The lowest BCUT2D eigenvalue weighted by atomic mass is 9.90. The highest BCUT2D eigenvalue weighted by molar-refractivity contribution is 6.15. The van der Waals surface area contributed by atoms with Crippen LogP contribution in [0.2, 0.25) is 0 Å². The Morgan fingerprint density at radius 3 is 1.59 bits per heavy atom. The zero-order valence-corrected chi connectivity index (χ0v) is 34.6. The summed E-state index contributed by atoms with van der Waals surface area (Å²) in [5.74, 6) is 1.78. The predicted octanol–water partition coefficient (Wildman–Crippen LogP) is 15.4. The van der Waals surface area contributed by atoms with E-state index in [0.29, 0.717) is 23.0 Å². The fourth-order valence-electron chi connectivity index (χ4n) is 9.46. The smallest absolute Gasteiger partial charge is 0.164 e. The van der Waals surface area contributed by atoms with Gasteiger partial charge in [-0.05, 0) is 113 Å². The molecule has 0 amide bonds. The van der Waals surface area contributed by atoms with Gasteiger partial charge in [0.2, 0.25) is 0 Å². The summed E-state index contributed by atoms with van der Waals surface area (Å²) < 4.78 is 0. The van der Waals surface area contributed by atoms with Crippen LogP contribution in [0.5, 0.6) is 0 Å². The molecule has 0 bridgehead atoms. The number of hydrogen-bond acceptors (Lipinski definition) is 4. The summed E-state index contributed by atoms with van der Waals surface area (Å²) in [6.07, 6.45) is 0. The zero-order valence-electron chi connectivity index (χ0n) is 34.6. The third kappa shape index (κ3) is 6.35. The molecule has 64 heavy (non-hydrogen) atoms. The van der Waals surface area contributed by atoms with Gasteiger partial charge in [-0.1, -0.05) is 194 Å². The average molecular weight is 813 g/mol. The van der Waals surface area contributed by atoms with E-state index < -0.39 is 0 Å². The van der Waals surface area contributed by atoms with Crippen molar-refractivity contribution >= 4 is 21.5 Å². The van der Waals surface area contributed by atoms with E-state index in [9.17, 15) is 5.26 Å². The van der Waals surface area contributed by atoms with Gasteiger partial charge in [-0.3, -0.25) is 0 Å². The molecule has 1 aliphatic carbocycles. The Balaban J connectivity index is 0.930. The minimum Gasteiger partial charge on any atom is -0.208 e. The number of hydrogen-bond donors (Lipinski definition) is 0. The molecular formula is C60H36N4. The number of aromatic nitrogens is 3. The molecule has 0 spiro atoms. The molecule has 0 saturated carbocycles. The van der Waals surface area contributed by atoms with E-state index in [-0.39, 0.29) is 0 Å². The Morgan fingerprint density at radius 2 is 0.797 bits per heavy atom. The Kier molecular flexibility index (Phi) is 8.84. The summed E-state index contributed by atoms with van der Waals surface area (Å²) in [7, 11) is 0. The van der Waals surface area contributed by atoms with Crippen LogP contribution in [0.25, 0.3) is 122 Å². The first-order chi connectivity index (χ1) is 31.7. The number of nitriles is 1. The van der Waals surface area contributed by atoms with Crippen molar-refractivity contribution in [2.75, 3.05) is 0 Å². The summed E-state index contributed by atoms with van der Waals surface area (Å²) >= 11 is 0. The van der Waals surface area contributed by atoms with Gasteiger partial charge in [0.1, 0.15) is 0 Å². The molecule has 0 atom stereocenters. The quantitative estimate of drug-likeness (QED) is 0.161. The maximum absolute atomic E-state index is 10.1. The topological polar surface area (TPSA) is 62.5 Å². The van der Waals surface area contributed by atoms with Gasteiger partial charge in [-0.25, -0.2) is 15.0 Å². The first-order valence-electron chi connectivity index (χ1n) is 21.5. The Labute approximate surface area is 371 Å². The normalized spacial score (nSPS) is 11.4. The maximum atomic E-state index is 10.1. The van der Waals surface area contributed by atoms with Gasteiger partial charge >= 0.3 is 0 Å². The molecule has 1 aliphatic rings. The van der Waals surface area contributed by atoms with Crippen molar-refractivity contribution in [3.63, 3.8) is 0 Å². The van der Waals surface area contributed by atoms with E-state index in [1.807, 2.05) is 48.5 Å². The molecule has 0 N–H and O–H groups in total. The van der Waals surface area contributed by atoms with Gasteiger partial charge in [-0.15, -0.1) is 0 Å². The van der Waals surface area contributed by atoms with Crippen LogP contribution in [0.1, 0.15) is 5.56 Å². The van der Waals surface area contributed by atoms with Crippen LogP contribution in [-0.4, -0.2) is 15.0 Å². The molecule has 0 saturated heterocycles. The van der Waals surface area contributed by atoms with Crippen LogP contribution < -0.4 is 0 Å². The summed E-state index contributed by atoms with van der Waals surface area (Å²) in [5, 5.41) is 15.0. The summed E-state index contributed by atoms with van der Waals surface area (Å²) in [6.45, 7) is 0. The van der Waals surface area contributed by atoms with Gasteiger partial charge in [0, 0.05) is 16.7 Å². The number of fused-ring (bicyclic) bond motifs is 4. The monoisotopic (exact) mass is 812 g/mol. The predicted molar refractivity (Wildman–Crippen MR) is 262 cm³/mol. The molecule has 10 aromatic carbocycles. The Morgan fingerprint density at radius 1 is 0.281 bits per heavy atom. The summed E-state index contributed by atoms with van der Waals surface area (Å²) in [4.78, 5) is 15.3. The van der Waals surface area contributed by atoms with Gasteiger partial charge in [0.25, 0.3) is 0 Å². The molecule has 1 aromatic heterocycles. The van der Waals surface area contributed by atoms with E-state index in [1.165, 1.54) is 43.8 Å². The molecule has 1 heterocycles. The third-order valence-corrected chi connectivity index (χ3v) is 12.5. The van der Waals surface area contributed by atoms with E-state index in [0.717, 1.165) is 61.2 Å². The molecule has 0 aliphatic heterocycles. The van der Waals surface area contributed by atoms with Crippen molar-refractivity contribution < 1.29 is 0 Å². The van der Waals surface area contributed by atoms with Crippen molar-refractivity contribution in [3.8, 4) is 107 Å². The Bertz CT molecular complexity index is 3670. The largest absolute Gasteiger partial charge is 0.208 e. The van der Waals surface area contributed by atoms with Crippen molar-refractivity contribution in [1.82, 2.24) is 15.0 Å². The van der Waals surface area contributed by atoms with Crippen LogP contribution in [0, 0.1) is 11.3 Å². The van der Waals surface area contributed by atoms with Gasteiger partial charge < -0.3 is 0 Å². The lowest BCUT2D eigenvalue weighted by Gasteiger charge is -2.14. The second-order valence-electron chi connectivity index (χ2n) is 16.2. The molecule has 4 heteroatoms. The zero-order chi connectivity index (χ0) is 42.6. The van der Waals surface area contributed by atoms with Crippen LogP contribution in [0.15, 0.2) is 218 Å². The fraction of sp³-hybridized carbons (Fsp3) is 0. The van der Waals surface area contributed by atoms with Crippen LogP contribution in [0.4, 0.5) is 0 Å². The summed E-state index contributed by atoms with van der Waals surface area (Å²) in [6, 6.07) is 78.7. The van der Waals surface area contributed by atoms with Crippen molar-refractivity contribution in [2.24, 2.45) is 0 Å². The van der Waals surface area contributed by atoms with E-state index in [1.54, 1.807) is 0 Å². The van der Waals surface area contributed by atoms with Crippen LogP contribution in [0.3, 0.4) is 0 Å². The molecular weight excluding hydrogens is 777 g/mol. The standard InChI is InChI=1S/C60H36N4/c61-37-38-26-32-48(46-19-8-18-44(35-46)45-31-33-51-52-24-10-16-41-17-11-25-53(57(41)52)56(51)36-45)55(34-38)40-27-29-43(30-28-40)59-62-58(42-13-2-1-3-14-42)63-60(64-59)54-22-7-6-21-50(54)49-23-9-15-39-12-4-5-20-47(39)49/h1-36H. The first kappa shape index (κ1) is 37.0. The van der Waals surface area contributed by atoms with Crippen molar-refractivity contribution in [2.45, 2.75) is 0 Å². The highest BCUT2D eigenvalue weighted by atomic mass is 15.0. The third-order valence-electron chi connectivity index (χ3n) is 12.5. The SMILES string of the molecule is N#Cc1ccc(-c2cccc(-c3ccc4c(c3)-c3cccc5cccc-4c35)c2)c(-c2ccc(-c3nc(-c4ccccc4)nc(-c4ccccc4-c4cccc5ccccc45)n3)cc2)c1. The molecule has 11 aromatic rings. The number of nitrogens with zero attached hydrogens (tertiary/aromatic N) is 4. The second kappa shape index (κ2) is 15.3. The molecule has 0 radical (unpaired) electrons. The molecule has 0 fully saturated rings. The molecule has 296 valence electrons. The van der Waals surface area contributed by atoms with Crippen molar-refractivity contribution in [1.29, 1.82) is 5.26 Å². The number of benzene rings is 10. The summed E-state index contributed by atoms with van der Waals surface area (Å²) in [5.41, 5.74) is 17.0. The van der Waals surface area contributed by atoms with E-state index >= 15 is 0 Å². The lowest BCUT2D eigenvalue weighted by Crippen LogP contribution is -2.01. The molecule has 4 nitrogen and oxygen atoms in total. The minimum absolute atomic E-state index is 0.579. The minimum atomic E-state index is 0.579. The Hall–Kier alpha value is -8.78. The first-order valence-corrected chi connectivity index (χ1v) is 21.5. The van der Waals surface area contributed by atoms with Gasteiger partial charge in [-0.2, -0.15) is 5.26 Å². The van der Waals surface area contributed by atoms with Crippen LogP contribution in [-0.2, 0) is 0 Å². The van der Waals surface area contributed by atoms with Crippen molar-refractivity contribution in [3.05, 3.63) is 224 Å². The lowest BCUT2D eigenvalue weighted by molar-refractivity contribution is 1.07. The maximum Gasteiger partial charge on any atom is 0.164 e. The highest BCUT2D eigenvalue weighted by Crippen LogP contribution is 2.48.